The third kappa shape index (κ3) is 28.2. The van der Waals surface area contributed by atoms with Gasteiger partial charge in [-0.2, -0.15) is 13.2 Å². The van der Waals surface area contributed by atoms with Gasteiger partial charge in [-0.25, -0.2) is 9.59 Å². The first-order valence-corrected chi connectivity index (χ1v) is 15.4. The van der Waals surface area contributed by atoms with Gasteiger partial charge in [0, 0.05) is 1.37 Å². The molecule has 0 radical (unpaired) electrons. The van der Waals surface area contributed by atoms with Crippen LogP contribution in [0.25, 0.3) is 0 Å². The van der Waals surface area contributed by atoms with Crippen molar-refractivity contribution in [3.05, 3.63) is 71.8 Å². The summed E-state index contributed by atoms with van der Waals surface area (Å²) in [5.74, 6) is -2.80. The molecule has 0 saturated heterocycles. The van der Waals surface area contributed by atoms with E-state index in [4.69, 9.17) is 25.5 Å². The van der Waals surface area contributed by atoms with Gasteiger partial charge < -0.3 is 40.6 Å². The molecule has 52 heavy (non-hydrogen) atoms. The fourth-order valence-electron chi connectivity index (χ4n) is 3.02. The number of nitrogens with one attached hydrogen (secondary N) is 4. The van der Waals surface area contributed by atoms with Gasteiger partial charge in [-0.05, 0) is 45.7 Å². The van der Waals surface area contributed by atoms with Gasteiger partial charge in [-0.3, -0.25) is 24.0 Å². The number of alkyl halides is 3. The molecule has 2 aromatic rings. The van der Waals surface area contributed by atoms with Crippen LogP contribution in [0.5, 0.6) is 0 Å². The molecule has 2 aromatic carbocycles. The molecule has 0 aliphatic rings. The van der Waals surface area contributed by atoms with E-state index in [1.165, 1.54) is 13.8 Å². The summed E-state index contributed by atoms with van der Waals surface area (Å²) in [6, 6.07) is 16.6. The Morgan fingerprint density at radius 1 is 0.769 bits per heavy atom. The van der Waals surface area contributed by atoms with Gasteiger partial charge in [-0.15, -0.1) is 0 Å². The molecule has 0 aliphatic heterocycles. The molecule has 18 heteroatoms. The molecule has 0 aromatic heterocycles. The number of carbonyl (C=O) groups excluding carboxylic acids is 6. The van der Waals surface area contributed by atoms with Gasteiger partial charge in [-0.1, -0.05) is 74.5 Å². The van der Waals surface area contributed by atoms with E-state index in [-0.39, 0.29) is 19.8 Å². The zero-order valence-corrected chi connectivity index (χ0v) is 29.7. The van der Waals surface area contributed by atoms with Crippen LogP contribution in [0, 0.1) is 0 Å². The Hall–Kier alpha value is -5.68. The third-order valence-electron chi connectivity index (χ3n) is 5.26. The van der Waals surface area contributed by atoms with Crippen molar-refractivity contribution in [3.8, 4) is 0 Å². The van der Waals surface area contributed by atoms with Crippen molar-refractivity contribution in [1.29, 1.82) is 0 Å². The van der Waals surface area contributed by atoms with Gasteiger partial charge in [0.05, 0.1) is 0 Å². The van der Waals surface area contributed by atoms with Crippen molar-refractivity contribution >= 4 is 42.2 Å². The average molecular weight is 746 g/mol. The highest BCUT2D eigenvalue weighted by atomic mass is 19.4. The Kier molecular flexibility index (Phi) is 23.3. The number of benzene rings is 2. The summed E-state index contributed by atoms with van der Waals surface area (Å²) >= 11 is 0. The monoisotopic (exact) mass is 745 g/mol. The van der Waals surface area contributed by atoms with Crippen LogP contribution in [0.3, 0.4) is 0 Å². The highest BCUT2D eigenvalue weighted by Crippen LogP contribution is 2.08. The molecule has 15 nitrogen and oxygen atoms in total. The van der Waals surface area contributed by atoms with E-state index in [0.29, 0.717) is 6.90 Å². The molecule has 0 fully saturated rings. The molecular weight excluding hydrogens is 697 g/mol. The lowest BCUT2D eigenvalue weighted by molar-refractivity contribution is -0.156. The number of hydrogen-bond donors (Lipinski definition) is 5. The van der Waals surface area contributed by atoms with E-state index < -0.39 is 72.6 Å². The highest BCUT2D eigenvalue weighted by molar-refractivity contribution is 5.88. The summed E-state index contributed by atoms with van der Waals surface area (Å²) in [6.45, 7) is 9.87. The number of carboxylic acids is 1. The predicted molar refractivity (Wildman–Crippen MR) is 181 cm³/mol. The number of alkyl carbamates (subject to hydrolysis) is 2. The third-order valence-corrected chi connectivity index (χ3v) is 5.26. The van der Waals surface area contributed by atoms with Crippen LogP contribution in [0.4, 0.5) is 22.8 Å². The van der Waals surface area contributed by atoms with Gasteiger partial charge in [0.25, 0.3) is 0 Å². The predicted octanol–water partition coefficient (Wildman–Crippen LogP) is 4.04. The van der Waals surface area contributed by atoms with E-state index in [0.717, 1.165) is 11.1 Å². The van der Waals surface area contributed by atoms with Gasteiger partial charge in [0.1, 0.15) is 44.0 Å². The zero-order valence-electron chi connectivity index (χ0n) is 30.7. The summed E-state index contributed by atoms with van der Waals surface area (Å²) in [6.07, 6.45) is -7.15. The van der Waals surface area contributed by atoms with Crippen LogP contribution >= 0.6 is 0 Å². The SMILES string of the molecule is CC(NC(=O)OCc1ccccc1)C(=O)NCC(=O)O.CC(NC(=O)OCc1ccccc1)C(=O)NCC(=O)OC(C)(C)C.O=CC(F)(F)F.[2H]CC. The standard InChI is InChI=1S/C17H24N2O5.C13H16N2O5.C2HF3O.C2H6/c1-12(15(21)18-10-14(20)24-17(2,3)4)19-16(22)23-11-13-8-6-5-7-9-13;1-9(12(18)14-7-11(16)17)15-13(19)20-8-10-5-3-2-4-6-10;3-2(4,5)1-6;1-2/h5-9,12H,10-11H2,1-4H3,(H,18,21)(H,19,22);2-6,9H,7-8H2,1H3,(H,14,18)(H,15,19)(H,16,17);1H;1-2H3/i;;;1D. The lowest BCUT2D eigenvalue weighted by Gasteiger charge is -2.20. The Morgan fingerprint density at radius 3 is 1.42 bits per heavy atom. The number of amides is 4. The van der Waals surface area contributed by atoms with Crippen LogP contribution in [-0.2, 0) is 51.4 Å². The highest BCUT2D eigenvalue weighted by Gasteiger charge is 2.25. The molecule has 2 unspecified atom stereocenters. The second-order valence-electron chi connectivity index (χ2n) is 10.9. The molecule has 5 N–H and O–H groups in total. The minimum atomic E-state index is -4.64. The van der Waals surface area contributed by atoms with E-state index in [1.54, 1.807) is 39.8 Å². The number of carbonyl (C=O) groups is 7. The van der Waals surface area contributed by atoms with Crippen molar-refractivity contribution in [2.75, 3.05) is 13.1 Å². The molecule has 0 bridgehead atoms. The summed E-state index contributed by atoms with van der Waals surface area (Å²) in [5, 5.41) is 17.7. The number of esters is 1. The second kappa shape index (κ2) is 26.2. The summed E-state index contributed by atoms with van der Waals surface area (Å²) in [7, 11) is 0. The van der Waals surface area contributed by atoms with Crippen molar-refractivity contribution in [1.82, 2.24) is 21.3 Å². The summed E-state index contributed by atoms with van der Waals surface area (Å²) in [4.78, 5) is 76.8. The summed E-state index contributed by atoms with van der Waals surface area (Å²) < 4.78 is 52.5. The lowest BCUT2D eigenvalue weighted by Crippen LogP contribution is -2.46. The van der Waals surface area contributed by atoms with Crippen LogP contribution in [0.15, 0.2) is 60.7 Å². The van der Waals surface area contributed by atoms with Gasteiger partial charge in [0.2, 0.25) is 18.1 Å². The Labute approximate surface area is 301 Å². The van der Waals surface area contributed by atoms with Crippen molar-refractivity contribution in [3.63, 3.8) is 0 Å². The number of ether oxygens (including phenoxy) is 3. The van der Waals surface area contributed by atoms with Crippen LogP contribution in [0.1, 0.15) is 60.9 Å². The molecule has 0 heterocycles. The van der Waals surface area contributed by atoms with E-state index in [2.05, 4.69) is 21.3 Å². The average Bonchev–Trinajstić information content (AvgIpc) is 3.08. The number of halogens is 3. The first kappa shape index (κ1) is 46.3. The smallest absolute Gasteiger partial charge is 0.446 e. The fourth-order valence-corrected chi connectivity index (χ4v) is 3.02. The Balaban J connectivity index is 0. The quantitative estimate of drug-likeness (QED) is 0.119. The molecule has 0 saturated carbocycles. The number of rotatable bonds is 12. The number of aldehydes is 1. The molecule has 4 amide bonds. The maximum absolute atomic E-state index is 11.8. The zero-order chi connectivity index (χ0) is 41.0. The van der Waals surface area contributed by atoms with E-state index >= 15 is 0 Å². The van der Waals surface area contributed by atoms with Crippen LogP contribution in [0.2, 0.25) is 0 Å². The first-order chi connectivity index (χ1) is 24.6. The normalized spacial score (nSPS) is 11.5. The van der Waals surface area contributed by atoms with Crippen molar-refractivity contribution in [2.24, 2.45) is 0 Å². The first-order valence-electron chi connectivity index (χ1n) is 16.1. The van der Waals surface area contributed by atoms with E-state index in [9.17, 15) is 41.9 Å². The number of carboxylic acid groups (broad SMARTS) is 1. The molecular formula is C34H47F3N4O11. The molecule has 0 aliphatic carbocycles. The van der Waals surface area contributed by atoms with Crippen LogP contribution < -0.4 is 21.3 Å². The molecule has 290 valence electrons. The minimum absolute atomic E-state index is 0.0934. The number of hydrogen-bond acceptors (Lipinski definition) is 10. The van der Waals surface area contributed by atoms with Crippen molar-refractivity contribution in [2.45, 2.75) is 85.5 Å². The maximum atomic E-state index is 11.8. The number of aliphatic carboxylic acids is 1. The second-order valence-corrected chi connectivity index (χ2v) is 10.9. The minimum Gasteiger partial charge on any atom is -0.480 e. The molecule has 2 rings (SSSR count). The fraction of sp³-hybridized carbons (Fsp3) is 0.441. The van der Waals surface area contributed by atoms with Gasteiger partial charge >= 0.3 is 30.3 Å². The summed E-state index contributed by atoms with van der Waals surface area (Å²) in [5.41, 5.74) is 1.05. The maximum Gasteiger partial charge on any atom is 0.446 e. The lowest BCUT2D eigenvalue weighted by atomic mass is 10.2. The van der Waals surface area contributed by atoms with Gasteiger partial charge in [0.15, 0.2) is 0 Å². The van der Waals surface area contributed by atoms with Crippen LogP contribution in [-0.4, -0.2) is 84.3 Å². The molecule has 0 spiro atoms. The Bertz CT molecular complexity index is 1410. The largest absolute Gasteiger partial charge is 0.480 e. The Morgan fingerprint density at radius 2 is 1.12 bits per heavy atom. The van der Waals surface area contributed by atoms with E-state index in [1.807, 2.05) is 48.5 Å². The molecule has 2 atom stereocenters. The topological polar surface area (TPSA) is 216 Å². The van der Waals surface area contributed by atoms with Crippen molar-refractivity contribution < 1.29 is 67.4 Å².